The fraction of sp³-hybridized carbons (Fsp3) is 0.519. The summed E-state index contributed by atoms with van der Waals surface area (Å²) < 4.78 is 79.9. The van der Waals surface area contributed by atoms with Crippen molar-refractivity contribution >= 4 is 112 Å². The largest absolute Gasteiger partial charge is 1.00 e. The van der Waals surface area contributed by atoms with Crippen LogP contribution in [0.4, 0.5) is 23.3 Å². The molecule has 10 heterocycles. The van der Waals surface area contributed by atoms with E-state index >= 15 is 0 Å². The Labute approximate surface area is 537 Å². The second kappa shape index (κ2) is 34.9. The van der Waals surface area contributed by atoms with Crippen LogP contribution in [0.3, 0.4) is 0 Å². The second-order valence-corrected chi connectivity index (χ2v) is 24.8. The molecule has 87 heavy (non-hydrogen) atoms. The normalized spacial score (nSPS) is 15.7. The number of sulfonamides is 2. The zero-order valence-corrected chi connectivity index (χ0v) is 55.8. The Kier molecular flexibility index (Phi) is 28.9. The van der Waals surface area contributed by atoms with E-state index in [9.17, 15) is 31.2 Å². The number of anilines is 4. The van der Waals surface area contributed by atoms with Gasteiger partial charge in [-0.05, 0) is 29.9 Å². The summed E-state index contributed by atoms with van der Waals surface area (Å²) in [5.74, 6) is -0.0601. The number of aliphatic hydroxyl groups excluding tert-OH is 1. The molecule has 35 heteroatoms. The van der Waals surface area contributed by atoms with Crippen LogP contribution in [0.5, 0.6) is 11.8 Å². The number of methoxy groups -OCH3 is 2. The van der Waals surface area contributed by atoms with Gasteiger partial charge in [0.05, 0.1) is 85.0 Å². The number of nitrogens with one attached hydrogen (secondary N) is 3. The van der Waals surface area contributed by atoms with Crippen LogP contribution in [-0.4, -0.2) is 238 Å². The Bertz CT molecular complexity index is 3440. The summed E-state index contributed by atoms with van der Waals surface area (Å²) in [6.45, 7) is 18.6. The third-order valence-electron chi connectivity index (χ3n) is 12.8. The van der Waals surface area contributed by atoms with Gasteiger partial charge in [-0.3, -0.25) is 24.0 Å². The number of aromatic nitrogens is 6. The van der Waals surface area contributed by atoms with Crippen LogP contribution >= 0.6 is 22.7 Å². The molecule has 10 rings (SSSR count). The van der Waals surface area contributed by atoms with Gasteiger partial charge >= 0.3 is 41.5 Å². The van der Waals surface area contributed by atoms with Gasteiger partial charge in [-0.1, -0.05) is 0 Å². The summed E-state index contributed by atoms with van der Waals surface area (Å²) in [5, 5.41) is 14.7. The summed E-state index contributed by atoms with van der Waals surface area (Å²) in [7, 11) is 3.34. The molecule has 4 saturated heterocycles. The molecule has 0 aliphatic carbocycles. The zero-order valence-electron chi connectivity index (χ0n) is 50.5. The number of carbonyl (C=O) groups is 3. The number of piperazine rings is 2. The Morgan fingerprint density at radius 2 is 1.01 bits per heavy atom. The maximum atomic E-state index is 12.0. The molecule has 6 aromatic heterocycles. The second-order valence-electron chi connectivity index (χ2n) is 19.5. The molecule has 0 amide bonds. The summed E-state index contributed by atoms with van der Waals surface area (Å²) in [6, 6.07) is 3.44. The van der Waals surface area contributed by atoms with E-state index in [0.717, 1.165) is 131 Å². The van der Waals surface area contributed by atoms with Crippen LogP contribution < -0.4 is 63.6 Å². The van der Waals surface area contributed by atoms with Gasteiger partial charge in [0.15, 0.2) is 0 Å². The van der Waals surface area contributed by atoms with E-state index in [1.54, 1.807) is 47.2 Å². The number of likely N-dealkylation sites (N-methyl/N-ethyl adjacent to an activating group) is 1. The van der Waals surface area contributed by atoms with Gasteiger partial charge in [-0.15, -0.1) is 22.7 Å². The number of rotatable bonds is 14. The van der Waals surface area contributed by atoms with Crippen molar-refractivity contribution in [3.05, 3.63) is 46.4 Å². The van der Waals surface area contributed by atoms with Crippen molar-refractivity contribution in [1.29, 1.82) is 0 Å². The average Bonchev–Trinajstić information content (AvgIpc) is 1.78. The predicted octanol–water partition coefficient (Wildman–Crippen LogP) is -0.634. The van der Waals surface area contributed by atoms with Crippen LogP contribution in [0.15, 0.2) is 35.3 Å². The van der Waals surface area contributed by atoms with Crippen LogP contribution in [0, 0.1) is 0 Å². The Hall–Kier alpha value is -5.73. The van der Waals surface area contributed by atoms with Crippen molar-refractivity contribution in [2.24, 2.45) is 0 Å². The SMILES string of the molecule is CC(=O)OOC(C)=O.CO.COc1ncc(-c2nc(N3CCOCC3)nc3c(CN4CCN(C)CC4)csc23)cc1NS(C)(=O)=O.COc1ncc(-c2nc(N3CCOCC3)nc3c(CN4CCNCC4)csc23)cc1NS(C)(=O)=O.[B-]OC(C)=O.[Na+]. The molecule has 6 aromatic rings. The van der Waals surface area contributed by atoms with E-state index in [2.05, 4.69) is 89.5 Å². The summed E-state index contributed by atoms with van der Waals surface area (Å²) in [4.78, 5) is 76.9. The number of aliphatic hydroxyl groups is 1. The molecule has 0 bridgehead atoms. The van der Waals surface area contributed by atoms with Crippen molar-refractivity contribution in [2.45, 2.75) is 33.9 Å². The van der Waals surface area contributed by atoms with E-state index in [1.165, 1.54) is 32.3 Å². The minimum Gasteiger partial charge on any atom is -0.793 e. The van der Waals surface area contributed by atoms with Crippen LogP contribution in [-0.2, 0) is 71.4 Å². The first-order chi connectivity index (χ1) is 41.1. The van der Waals surface area contributed by atoms with E-state index < -0.39 is 38.0 Å². The van der Waals surface area contributed by atoms with Gasteiger partial charge in [0, 0.05) is 154 Å². The summed E-state index contributed by atoms with van der Waals surface area (Å²) in [6.07, 6.45) is 5.52. The summed E-state index contributed by atoms with van der Waals surface area (Å²) in [5.41, 5.74) is 7.56. The van der Waals surface area contributed by atoms with Gasteiger partial charge in [-0.2, -0.15) is 0 Å². The number of morpholine rings is 2. The average molecular weight is 1300 g/mol. The molecule has 4 fully saturated rings. The Morgan fingerprint density at radius 3 is 1.36 bits per heavy atom. The van der Waals surface area contributed by atoms with Gasteiger partial charge in [-0.25, -0.2) is 66.1 Å². The molecule has 4 aliphatic rings. The van der Waals surface area contributed by atoms with Crippen molar-refractivity contribution in [3.8, 4) is 34.3 Å². The number of carbonyl (C=O) groups excluding carboxylic acids is 3. The summed E-state index contributed by atoms with van der Waals surface area (Å²) >= 11 is 3.21. The number of hydrogen-bond acceptors (Lipinski definition) is 29. The van der Waals surface area contributed by atoms with Crippen LogP contribution in [0.25, 0.3) is 42.9 Å². The monoisotopic (exact) mass is 1300 g/mol. The van der Waals surface area contributed by atoms with Crippen molar-refractivity contribution in [2.75, 3.05) is 165 Å². The smallest absolute Gasteiger partial charge is 0.793 e. The van der Waals surface area contributed by atoms with Crippen molar-refractivity contribution < 1.29 is 99.3 Å². The number of pyridine rings is 2. The molecule has 3 radical (unpaired) electrons. The fourth-order valence-electron chi connectivity index (χ4n) is 8.84. The molecule has 469 valence electrons. The maximum Gasteiger partial charge on any atom is 1.00 e. The van der Waals surface area contributed by atoms with Gasteiger partial charge < -0.3 is 56.8 Å². The zero-order chi connectivity index (χ0) is 62.6. The van der Waals surface area contributed by atoms with Gasteiger partial charge in [0.1, 0.15) is 11.4 Å². The first-order valence-electron chi connectivity index (χ1n) is 26.9. The standard InChI is InChI=1S/C23H31N7O4S2.C22H29N7O4S2.C4H6O4.C2H3BO2.CH4O.Na/c1-28-4-6-29(7-5-28)14-17-15-35-21-19(25-23(26-20(17)21)30-8-10-34-11-9-30)16-12-18(27-36(3,31)32)22(33-2)24-13-16;1-32-21-17(27-35(2,30)31)11-15(12-24-21)18-20-19(26-22(25-18)29-7-9-33-10-8-29)16(14-34-20)13-28-5-3-23-4-6-28;1-3(5)7-8-4(2)6;1-2(4)5-3;1-2;/h12-13,15,27H,4-11,14H2,1-3H3;11-12,14,23,27H,3-10,13H2,1-2H3;1-2H3;1H3;2H,1H3;/q;;;-1;;+1. The van der Waals surface area contributed by atoms with Crippen molar-refractivity contribution in [3.63, 3.8) is 0 Å². The van der Waals surface area contributed by atoms with Crippen LogP contribution in [0.1, 0.15) is 31.9 Å². The molecule has 0 unspecified atom stereocenters. The number of hydrogen-bond donors (Lipinski definition) is 4. The molecule has 4 aliphatic heterocycles. The first kappa shape index (κ1) is 72.0. The molecular weight excluding hydrogens is 1220 g/mol. The molecule has 0 spiro atoms. The van der Waals surface area contributed by atoms with Crippen LogP contribution in [0.2, 0.25) is 0 Å². The van der Waals surface area contributed by atoms with Gasteiger partial charge in [0.25, 0.3) is 0 Å². The van der Waals surface area contributed by atoms with E-state index in [-0.39, 0.29) is 52.7 Å². The number of ether oxygens (including phenoxy) is 4. The van der Waals surface area contributed by atoms with E-state index in [4.69, 9.17) is 44.0 Å². The minimum absolute atomic E-state index is 0. The molecule has 0 aromatic carbocycles. The van der Waals surface area contributed by atoms with Gasteiger partial charge in [0.2, 0.25) is 49.7 Å². The minimum atomic E-state index is -3.52. The van der Waals surface area contributed by atoms with E-state index in [0.29, 0.717) is 75.6 Å². The molecular formula is C52H73BN14NaO15S4. The maximum absolute atomic E-state index is 12.0. The quantitative estimate of drug-likeness (QED) is 0.0599. The molecule has 4 N–H and O–H groups in total. The molecule has 0 atom stereocenters. The van der Waals surface area contributed by atoms with E-state index in [1.807, 2.05) is 0 Å². The third kappa shape index (κ3) is 22.1. The predicted molar refractivity (Wildman–Crippen MR) is 328 cm³/mol. The third-order valence-corrected chi connectivity index (χ3v) is 16.0. The Balaban J connectivity index is 0.000000255. The number of fused-ring (bicyclic) bond motifs is 2. The number of thiophene rings is 2. The number of nitrogens with zero attached hydrogens (tertiary/aromatic N) is 11. The fourth-order valence-corrected chi connectivity index (χ4v) is 12.0. The topological polar surface area (TPSA) is 334 Å². The molecule has 29 nitrogen and oxygen atoms in total. The first-order valence-corrected chi connectivity index (χ1v) is 32.4. The van der Waals surface area contributed by atoms with Crippen molar-refractivity contribution in [1.82, 2.24) is 49.9 Å². The Morgan fingerprint density at radius 1 is 0.632 bits per heavy atom. The molecule has 0 saturated carbocycles.